The number of thiazole rings is 1. The first-order valence-corrected chi connectivity index (χ1v) is 12.7. The van der Waals surface area contributed by atoms with Crippen LogP contribution < -0.4 is 5.73 Å². The van der Waals surface area contributed by atoms with Crippen LogP contribution in [0.25, 0.3) is 10.2 Å². The molecule has 0 spiro atoms. The van der Waals surface area contributed by atoms with Crippen molar-refractivity contribution in [1.29, 1.82) is 0 Å². The largest absolute Gasteiger partial charge is 0.433 e. The summed E-state index contributed by atoms with van der Waals surface area (Å²) in [6.07, 6.45) is -3.04. The summed E-state index contributed by atoms with van der Waals surface area (Å²) in [6, 6.07) is 6.29. The lowest BCUT2D eigenvalue weighted by molar-refractivity contribution is -0.141. The van der Waals surface area contributed by atoms with E-state index in [1.54, 1.807) is 6.07 Å². The van der Waals surface area contributed by atoms with Crippen molar-refractivity contribution in [2.75, 3.05) is 31.1 Å². The molecular weight excluding hydrogens is 479 g/mol. The van der Waals surface area contributed by atoms with E-state index in [0.29, 0.717) is 31.6 Å². The van der Waals surface area contributed by atoms with Gasteiger partial charge in [-0.25, -0.2) is 23.4 Å². The maximum absolute atomic E-state index is 13.0. The highest BCUT2D eigenvalue weighted by Crippen LogP contribution is 2.33. The van der Waals surface area contributed by atoms with Crippen LogP contribution in [0.15, 0.2) is 30.5 Å². The number of sulfone groups is 1. The highest BCUT2D eigenvalue weighted by Gasteiger charge is 2.35. The van der Waals surface area contributed by atoms with Crippen LogP contribution in [0.3, 0.4) is 0 Å². The molecule has 8 nitrogen and oxygen atoms in total. The Kier molecular flexibility index (Phi) is 6.38. The number of hydrogen-bond acceptors (Lipinski definition) is 8. The van der Waals surface area contributed by atoms with Crippen LogP contribution in [0.1, 0.15) is 28.0 Å². The maximum atomic E-state index is 13.0. The number of amides is 1. The van der Waals surface area contributed by atoms with E-state index < -0.39 is 33.5 Å². The molecule has 2 aromatic heterocycles. The summed E-state index contributed by atoms with van der Waals surface area (Å²) < 4.78 is 63.0. The summed E-state index contributed by atoms with van der Waals surface area (Å²) in [4.78, 5) is 25.9. The average Bonchev–Trinajstić information content (AvgIpc) is 3.15. The first kappa shape index (κ1) is 23.5. The quantitative estimate of drug-likeness (QED) is 0.551. The lowest BCUT2D eigenvalue weighted by Crippen LogP contribution is -2.41. The van der Waals surface area contributed by atoms with Gasteiger partial charge in [-0.2, -0.15) is 13.2 Å². The van der Waals surface area contributed by atoms with Gasteiger partial charge in [-0.1, -0.05) is 6.07 Å². The fourth-order valence-corrected chi connectivity index (χ4v) is 5.97. The van der Waals surface area contributed by atoms with Crippen molar-refractivity contribution in [3.8, 4) is 0 Å². The molecule has 1 aromatic carbocycles. The van der Waals surface area contributed by atoms with Crippen LogP contribution in [0, 0.1) is 0 Å². The number of fused-ring (bicyclic) bond motifs is 1. The molecule has 2 N–H and O–H groups in total. The maximum Gasteiger partial charge on any atom is 0.433 e. The van der Waals surface area contributed by atoms with E-state index in [4.69, 9.17) is 5.73 Å². The van der Waals surface area contributed by atoms with Gasteiger partial charge in [0, 0.05) is 25.8 Å². The third-order valence-electron chi connectivity index (χ3n) is 5.38. The molecule has 1 amide bonds. The zero-order valence-electron chi connectivity index (χ0n) is 17.2. The number of aromatic nitrogens is 3. The van der Waals surface area contributed by atoms with Gasteiger partial charge in [0.05, 0.1) is 21.7 Å². The summed E-state index contributed by atoms with van der Waals surface area (Å²) in [5.41, 5.74) is 5.90. The molecule has 1 unspecified atom stereocenters. The van der Waals surface area contributed by atoms with E-state index in [1.165, 1.54) is 0 Å². The molecular formula is C20H20F3N5O3S2. The number of nitrogens with two attached hydrogens (primary N) is 1. The monoisotopic (exact) mass is 499 g/mol. The van der Waals surface area contributed by atoms with Crippen molar-refractivity contribution in [2.24, 2.45) is 5.73 Å². The molecule has 3 heterocycles. The number of nitrogens with zero attached hydrogens (tertiary/aromatic N) is 4. The lowest BCUT2D eigenvalue weighted by atomic mass is 10.1. The molecule has 0 bridgehead atoms. The van der Waals surface area contributed by atoms with Crippen molar-refractivity contribution in [1.82, 2.24) is 19.9 Å². The Morgan fingerprint density at radius 3 is 2.58 bits per heavy atom. The van der Waals surface area contributed by atoms with Gasteiger partial charge < -0.3 is 10.6 Å². The molecule has 1 atom stereocenters. The van der Waals surface area contributed by atoms with Gasteiger partial charge in [0.25, 0.3) is 0 Å². The van der Waals surface area contributed by atoms with Crippen molar-refractivity contribution in [3.05, 3.63) is 52.6 Å². The summed E-state index contributed by atoms with van der Waals surface area (Å²) in [5.74, 6) is -2.22. The van der Waals surface area contributed by atoms with E-state index >= 15 is 0 Å². The minimum atomic E-state index is -4.68. The van der Waals surface area contributed by atoms with Crippen LogP contribution in [-0.2, 0) is 27.2 Å². The minimum absolute atomic E-state index is 0.163. The van der Waals surface area contributed by atoms with Crippen LogP contribution in [0.2, 0.25) is 0 Å². The molecule has 13 heteroatoms. The van der Waals surface area contributed by atoms with E-state index in [0.717, 1.165) is 33.9 Å². The third-order valence-corrected chi connectivity index (χ3v) is 8.07. The van der Waals surface area contributed by atoms with Gasteiger partial charge in [-0.3, -0.25) is 4.79 Å². The number of carbonyl (C=O) groups excluding carboxylic acids is 1. The number of halogens is 3. The van der Waals surface area contributed by atoms with E-state index in [1.807, 2.05) is 12.1 Å². The molecule has 1 saturated heterocycles. The van der Waals surface area contributed by atoms with E-state index in [9.17, 15) is 26.4 Å². The Bertz CT molecular complexity index is 1280. The van der Waals surface area contributed by atoms with Crippen LogP contribution in [0.5, 0.6) is 0 Å². The molecule has 1 aliphatic rings. The number of hydrogen-bond donors (Lipinski definition) is 1. The Morgan fingerprint density at radius 2 is 1.91 bits per heavy atom. The fourth-order valence-electron chi connectivity index (χ4n) is 3.56. The highest BCUT2D eigenvalue weighted by atomic mass is 32.2. The van der Waals surface area contributed by atoms with Gasteiger partial charge in [-0.15, -0.1) is 11.3 Å². The minimum Gasteiger partial charge on any atom is -0.369 e. The van der Waals surface area contributed by atoms with Gasteiger partial charge in [-0.05, 0) is 30.2 Å². The zero-order chi connectivity index (χ0) is 23.8. The Balaban J connectivity index is 1.55. The van der Waals surface area contributed by atoms with Crippen molar-refractivity contribution in [3.63, 3.8) is 0 Å². The van der Waals surface area contributed by atoms with E-state index in [-0.39, 0.29) is 22.3 Å². The molecule has 0 radical (unpaired) electrons. The topological polar surface area (TPSA) is 119 Å². The number of primary amides is 1. The Labute approximate surface area is 191 Å². The molecule has 3 aromatic rings. The SMILES string of the molecule is NC(=O)C(c1nccc(C(F)(F)F)n1)c1nc2ccc(CCN3CCS(=O)(=O)CC3)cc2s1. The Morgan fingerprint density at radius 1 is 1.18 bits per heavy atom. The molecule has 0 saturated carbocycles. The molecule has 4 rings (SSSR count). The van der Waals surface area contributed by atoms with Gasteiger partial charge in [0.15, 0.2) is 9.84 Å². The standard InChI is InChI=1S/C20H20F3N5O3S2/c21-20(22,23)15-3-5-25-18(27-15)16(17(24)29)19-26-13-2-1-12(11-14(13)32-19)4-6-28-7-9-33(30,31)10-8-28/h1-3,5,11,16H,4,6-10H2,(H2,24,29). The van der Waals surface area contributed by atoms with Gasteiger partial charge in [0.2, 0.25) is 5.91 Å². The first-order valence-electron chi connectivity index (χ1n) is 10.0. The Hall–Kier alpha value is -2.64. The number of carbonyl (C=O) groups is 1. The zero-order valence-corrected chi connectivity index (χ0v) is 18.9. The first-order chi connectivity index (χ1) is 15.5. The molecule has 1 aliphatic heterocycles. The highest BCUT2D eigenvalue weighted by molar-refractivity contribution is 7.91. The summed E-state index contributed by atoms with van der Waals surface area (Å²) >= 11 is 1.15. The van der Waals surface area contributed by atoms with Gasteiger partial charge in [0.1, 0.15) is 22.4 Å². The fraction of sp³-hybridized carbons (Fsp3) is 0.400. The molecule has 33 heavy (non-hydrogen) atoms. The summed E-state index contributed by atoms with van der Waals surface area (Å²) in [7, 11) is -2.93. The van der Waals surface area contributed by atoms with Crippen molar-refractivity contribution < 1.29 is 26.4 Å². The number of rotatable bonds is 6. The summed E-state index contributed by atoms with van der Waals surface area (Å²) in [5, 5.41) is 0.218. The van der Waals surface area contributed by atoms with Crippen molar-refractivity contribution in [2.45, 2.75) is 18.5 Å². The predicted molar refractivity (Wildman–Crippen MR) is 116 cm³/mol. The average molecular weight is 500 g/mol. The summed E-state index contributed by atoms with van der Waals surface area (Å²) in [6.45, 7) is 1.72. The third kappa shape index (κ3) is 5.47. The van der Waals surface area contributed by atoms with Crippen LogP contribution in [-0.4, -0.2) is 65.3 Å². The normalized spacial score (nSPS) is 17.8. The van der Waals surface area contributed by atoms with E-state index in [2.05, 4.69) is 19.9 Å². The molecule has 0 aliphatic carbocycles. The second-order valence-electron chi connectivity index (χ2n) is 7.73. The van der Waals surface area contributed by atoms with Gasteiger partial charge >= 0.3 is 6.18 Å². The van der Waals surface area contributed by atoms with Crippen LogP contribution in [0.4, 0.5) is 13.2 Å². The molecule has 1 fully saturated rings. The van der Waals surface area contributed by atoms with Crippen molar-refractivity contribution >= 4 is 37.3 Å². The smallest absolute Gasteiger partial charge is 0.369 e. The molecule has 176 valence electrons. The second-order valence-corrected chi connectivity index (χ2v) is 11.1. The number of alkyl halides is 3. The lowest BCUT2D eigenvalue weighted by Gasteiger charge is -2.26. The predicted octanol–water partition coefficient (Wildman–Crippen LogP) is 2.00. The second kappa shape index (κ2) is 8.95. The van der Waals surface area contributed by atoms with Crippen LogP contribution >= 0.6 is 11.3 Å². The number of benzene rings is 1.